The van der Waals surface area contributed by atoms with Crippen LogP contribution in [-0.4, -0.2) is 12.2 Å². The van der Waals surface area contributed by atoms with E-state index in [1.807, 2.05) is 26.8 Å². The van der Waals surface area contributed by atoms with Gasteiger partial charge in [0.2, 0.25) is 0 Å². The first kappa shape index (κ1) is 12.8. The highest BCUT2D eigenvalue weighted by Crippen LogP contribution is 2.36. The summed E-state index contributed by atoms with van der Waals surface area (Å²) in [4.78, 5) is 4.56. The Labute approximate surface area is 95.9 Å². The van der Waals surface area contributed by atoms with Gasteiger partial charge in [0.05, 0.1) is 13.7 Å². The first-order valence-electron chi connectivity index (χ1n) is 5.12. The Bertz CT molecular complexity index is 369. The number of benzene rings is 1. The van der Waals surface area contributed by atoms with Crippen LogP contribution in [0, 0.1) is 0 Å². The Kier molecular flexibility index (Phi) is 3.78. The summed E-state index contributed by atoms with van der Waals surface area (Å²) in [5.41, 5.74) is 1.43. The van der Waals surface area contributed by atoms with Gasteiger partial charge < -0.3 is 9.84 Å². The SMILES string of the molecule is COc1cc(C(C)(C)C)c(O)cc1CON. The van der Waals surface area contributed by atoms with Crippen molar-refractivity contribution in [2.24, 2.45) is 5.90 Å². The quantitative estimate of drug-likeness (QED) is 0.773. The van der Waals surface area contributed by atoms with E-state index in [-0.39, 0.29) is 17.8 Å². The van der Waals surface area contributed by atoms with Crippen molar-refractivity contribution in [3.63, 3.8) is 0 Å². The van der Waals surface area contributed by atoms with Gasteiger partial charge in [-0.3, -0.25) is 4.84 Å². The van der Waals surface area contributed by atoms with E-state index in [1.165, 1.54) is 0 Å². The molecular weight excluding hydrogens is 206 g/mol. The van der Waals surface area contributed by atoms with E-state index < -0.39 is 0 Å². The zero-order chi connectivity index (χ0) is 12.3. The average Bonchev–Trinajstić information content (AvgIpc) is 2.16. The van der Waals surface area contributed by atoms with Crippen LogP contribution >= 0.6 is 0 Å². The van der Waals surface area contributed by atoms with Crippen molar-refractivity contribution in [2.45, 2.75) is 32.8 Å². The van der Waals surface area contributed by atoms with Gasteiger partial charge in [-0.05, 0) is 17.5 Å². The number of rotatable bonds is 3. The minimum absolute atomic E-state index is 0.139. The number of aromatic hydroxyl groups is 1. The minimum Gasteiger partial charge on any atom is -0.508 e. The number of nitrogens with two attached hydrogens (primary N) is 1. The topological polar surface area (TPSA) is 64.7 Å². The normalized spacial score (nSPS) is 11.6. The first-order valence-corrected chi connectivity index (χ1v) is 5.12. The lowest BCUT2D eigenvalue weighted by atomic mass is 9.85. The molecule has 0 spiro atoms. The zero-order valence-corrected chi connectivity index (χ0v) is 10.2. The Morgan fingerprint density at radius 2 is 1.94 bits per heavy atom. The minimum atomic E-state index is -0.139. The van der Waals surface area contributed by atoms with E-state index in [0.717, 1.165) is 11.1 Å². The van der Waals surface area contributed by atoms with Crippen LogP contribution in [0.1, 0.15) is 31.9 Å². The molecule has 0 heterocycles. The molecule has 16 heavy (non-hydrogen) atoms. The molecule has 0 aromatic heterocycles. The molecule has 0 saturated heterocycles. The Balaban J connectivity index is 3.26. The number of hydrogen-bond donors (Lipinski definition) is 2. The fourth-order valence-corrected chi connectivity index (χ4v) is 1.60. The Morgan fingerprint density at radius 1 is 1.31 bits per heavy atom. The van der Waals surface area contributed by atoms with E-state index >= 15 is 0 Å². The van der Waals surface area contributed by atoms with Gasteiger partial charge in [-0.2, -0.15) is 0 Å². The molecule has 0 fully saturated rings. The van der Waals surface area contributed by atoms with Crippen LogP contribution in [-0.2, 0) is 16.9 Å². The van der Waals surface area contributed by atoms with Crippen molar-refractivity contribution >= 4 is 0 Å². The highest BCUT2D eigenvalue weighted by Gasteiger charge is 2.20. The van der Waals surface area contributed by atoms with Crippen LogP contribution < -0.4 is 10.6 Å². The molecule has 1 aromatic carbocycles. The summed E-state index contributed by atoms with van der Waals surface area (Å²) < 4.78 is 5.24. The third-order valence-electron chi connectivity index (χ3n) is 2.45. The number of phenols is 1. The standard InChI is InChI=1S/C12H19NO3/c1-12(2,3)9-6-11(15-4)8(7-16-13)5-10(9)14/h5-6,14H,7,13H2,1-4H3. The number of phenolic OH excluding ortho intramolecular Hbond substituents is 1. The van der Waals surface area contributed by atoms with Crippen LogP contribution in [0.5, 0.6) is 11.5 Å². The van der Waals surface area contributed by atoms with Gasteiger partial charge in [-0.1, -0.05) is 20.8 Å². The van der Waals surface area contributed by atoms with E-state index in [9.17, 15) is 5.11 Å². The van der Waals surface area contributed by atoms with Gasteiger partial charge in [-0.15, -0.1) is 0 Å². The van der Waals surface area contributed by atoms with Crippen LogP contribution in [0.4, 0.5) is 0 Å². The van der Waals surface area contributed by atoms with Crippen LogP contribution in [0.3, 0.4) is 0 Å². The molecule has 0 aliphatic heterocycles. The third kappa shape index (κ3) is 2.65. The number of hydrogen-bond acceptors (Lipinski definition) is 4. The lowest BCUT2D eigenvalue weighted by Crippen LogP contribution is -2.12. The molecule has 0 radical (unpaired) electrons. The Hall–Kier alpha value is -1.26. The van der Waals surface area contributed by atoms with Gasteiger partial charge in [-0.25, -0.2) is 5.90 Å². The van der Waals surface area contributed by atoms with Crippen LogP contribution in [0.25, 0.3) is 0 Å². The molecule has 90 valence electrons. The maximum absolute atomic E-state index is 9.92. The van der Waals surface area contributed by atoms with Gasteiger partial charge in [0.1, 0.15) is 11.5 Å². The van der Waals surface area contributed by atoms with E-state index in [0.29, 0.717) is 5.75 Å². The van der Waals surface area contributed by atoms with Crippen molar-refractivity contribution in [1.29, 1.82) is 0 Å². The highest BCUT2D eigenvalue weighted by molar-refractivity contribution is 5.48. The summed E-state index contributed by atoms with van der Waals surface area (Å²) >= 11 is 0. The summed E-state index contributed by atoms with van der Waals surface area (Å²) in [5, 5.41) is 9.92. The van der Waals surface area contributed by atoms with E-state index in [2.05, 4.69) is 4.84 Å². The lowest BCUT2D eigenvalue weighted by Gasteiger charge is -2.22. The molecule has 1 rings (SSSR count). The molecule has 0 aliphatic carbocycles. The fraction of sp³-hybridized carbons (Fsp3) is 0.500. The van der Waals surface area contributed by atoms with Gasteiger partial charge >= 0.3 is 0 Å². The molecule has 0 atom stereocenters. The molecule has 0 aliphatic rings. The molecule has 3 N–H and O–H groups in total. The van der Waals surface area contributed by atoms with Gasteiger partial charge in [0, 0.05) is 11.1 Å². The molecule has 4 nitrogen and oxygen atoms in total. The molecule has 0 amide bonds. The number of ether oxygens (including phenoxy) is 1. The maximum atomic E-state index is 9.92. The number of methoxy groups -OCH3 is 1. The molecule has 0 bridgehead atoms. The van der Waals surface area contributed by atoms with E-state index in [4.69, 9.17) is 10.6 Å². The summed E-state index contributed by atoms with van der Waals surface area (Å²) in [6, 6.07) is 3.45. The zero-order valence-electron chi connectivity index (χ0n) is 10.2. The van der Waals surface area contributed by atoms with Crippen molar-refractivity contribution < 1.29 is 14.7 Å². The smallest absolute Gasteiger partial charge is 0.125 e. The molecule has 4 heteroatoms. The summed E-state index contributed by atoms with van der Waals surface area (Å²) in [7, 11) is 1.58. The molecule has 0 unspecified atom stereocenters. The van der Waals surface area contributed by atoms with Crippen molar-refractivity contribution in [1.82, 2.24) is 0 Å². The van der Waals surface area contributed by atoms with Gasteiger partial charge in [0.25, 0.3) is 0 Å². The summed E-state index contributed by atoms with van der Waals surface area (Å²) in [5.74, 6) is 5.93. The van der Waals surface area contributed by atoms with Gasteiger partial charge in [0.15, 0.2) is 0 Å². The van der Waals surface area contributed by atoms with Crippen LogP contribution in [0.2, 0.25) is 0 Å². The lowest BCUT2D eigenvalue weighted by molar-refractivity contribution is 0.122. The maximum Gasteiger partial charge on any atom is 0.125 e. The third-order valence-corrected chi connectivity index (χ3v) is 2.45. The summed E-state index contributed by atoms with van der Waals surface area (Å²) in [6.45, 7) is 6.29. The molecule has 0 saturated carbocycles. The second-order valence-electron chi connectivity index (χ2n) is 4.74. The van der Waals surface area contributed by atoms with Crippen molar-refractivity contribution in [3.8, 4) is 11.5 Å². The summed E-state index contributed by atoms with van der Waals surface area (Å²) in [6.07, 6.45) is 0. The predicted molar refractivity (Wildman–Crippen MR) is 62.3 cm³/mol. The molecule has 1 aromatic rings. The predicted octanol–water partition coefficient (Wildman–Crippen LogP) is 2.09. The first-order chi connectivity index (χ1) is 7.40. The second kappa shape index (κ2) is 4.72. The molecular formula is C12H19NO3. The van der Waals surface area contributed by atoms with Crippen LogP contribution in [0.15, 0.2) is 12.1 Å². The monoisotopic (exact) mass is 225 g/mol. The highest BCUT2D eigenvalue weighted by atomic mass is 16.6. The largest absolute Gasteiger partial charge is 0.508 e. The van der Waals surface area contributed by atoms with Crippen molar-refractivity contribution in [3.05, 3.63) is 23.3 Å². The van der Waals surface area contributed by atoms with E-state index in [1.54, 1.807) is 13.2 Å². The average molecular weight is 225 g/mol. The second-order valence-corrected chi connectivity index (χ2v) is 4.74. The van der Waals surface area contributed by atoms with Crippen molar-refractivity contribution in [2.75, 3.05) is 7.11 Å². The Morgan fingerprint density at radius 3 is 2.38 bits per heavy atom. The fourth-order valence-electron chi connectivity index (χ4n) is 1.60.